The van der Waals surface area contributed by atoms with Crippen molar-refractivity contribution in [3.05, 3.63) is 69.2 Å². The molecule has 0 unspecified atom stereocenters. The van der Waals surface area contributed by atoms with Crippen LogP contribution in [0.15, 0.2) is 53.0 Å². The second kappa shape index (κ2) is 8.66. The van der Waals surface area contributed by atoms with Crippen molar-refractivity contribution in [2.45, 2.75) is 6.92 Å². The number of benzene rings is 2. The van der Waals surface area contributed by atoms with Gasteiger partial charge in [0.25, 0.3) is 5.91 Å². The number of carbonyl (C=O) groups is 2. The zero-order chi connectivity index (χ0) is 17.5. The molecule has 124 valence electrons. The Morgan fingerprint density at radius 3 is 2.58 bits per heavy atom. The Balaban J connectivity index is 1.82. The van der Waals surface area contributed by atoms with Gasteiger partial charge in [-0.3, -0.25) is 4.79 Å². The minimum Gasteiger partial charge on any atom is -0.452 e. The van der Waals surface area contributed by atoms with Crippen molar-refractivity contribution in [3.63, 3.8) is 0 Å². The third-order valence-corrected chi connectivity index (χ3v) is 3.85. The Hall–Kier alpha value is -2.11. The molecule has 0 aliphatic heterocycles. The highest BCUT2D eigenvalue weighted by molar-refractivity contribution is 9.10. The summed E-state index contributed by atoms with van der Waals surface area (Å²) < 4.78 is 5.87. The van der Waals surface area contributed by atoms with Crippen molar-refractivity contribution in [3.8, 4) is 0 Å². The van der Waals surface area contributed by atoms with Gasteiger partial charge in [-0.1, -0.05) is 39.7 Å². The van der Waals surface area contributed by atoms with Crippen LogP contribution in [0.3, 0.4) is 0 Å². The van der Waals surface area contributed by atoms with E-state index in [9.17, 15) is 9.59 Å². The molecular formula is C18H15BrClNO3. The smallest absolute Gasteiger partial charge is 0.331 e. The summed E-state index contributed by atoms with van der Waals surface area (Å²) in [6.07, 6.45) is 2.90. The van der Waals surface area contributed by atoms with E-state index < -0.39 is 11.9 Å². The number of anilines is 1. The fraction of sp³-hybridized carbons (Fsp3) is 0.111. The van der Waals surface area contributed by atoms with Crippen molar-refractivity contribution in [1.82, 2.24) is 0 Å². The van der Waals surface area contributed by atoms with Crippen LogP contribution in [-0.2, 0) is 14.3 Å². The van der Waals surface area contributed by atoms with Crippen LogP contribution in [0.25, 0.3) is 6.08 Å². The molecule has 2 aromatic rings. The molecule has 24 heavy (non-hydrogen) atoms. The average molecular weight is 409 g/mol. The Morgan fingerprint density at radius 1 is 1.21 bits per heavy atom. The van der Waals surface area contributed by atoms with Crippen molar-refractivity contribution in [2.24, 2.45) is 0 Å². The van der Waals surface area contributed by atoms with Crippen LogP contribution in [0.5, 0.6) is 0 Å². The van der Waals surface area contributed by atoms with Gasteiger partial charge in [0.1, 0.15) is 0 Å². The minimum absolute atomic E-state index is 0.356. The molecule has 2 aromatic carbocycles. The first-order valence-corrected chi connectivity index (χ1v) is 8.27. The van der Waals surface area contributed by atoms with E-state index in [0.717, 1.165) is 15.6 Å². The summed E-state index contributed by atoms with van der Waals surface area (Å²) in [6, 6.07) is 12.6. The number of rotatable bonds is 5. The summed E-state index contributed by atoms with van der Waals surface area (Å²) in [7, 11) is 0. The molecule has 0 radical (unpaired) electrons. The summed E-state index contributed by atoms with van der Waals surface area (Å²) in [4.78, 5) is 23.5. The number of esters is 1. The molecule has 2 rings (SSSR count). The molecule has 0 heterocycles. The first kappa shape index (κ1) is 18.2. The van der Waals surface area contributed by atoms with Gasteiger partial charge in [0.15, 0.2) is 6.61 Å². The van der Waals surface area contributed by atoms with E-state index in [0.29, 0.717) is 10.7 Å². The Kier molecular flexibility index (Phi) is 6.58. The van der Waals surface area contributed by atoms with Gasteiger partial charge < -0.3 is 10.1 Å². The molecule has 6 heteroatoms. The van der Waals surface area contributed by atoms with Crippen LogP contribution in [0, 0.1) is 6.92 Å². The van der Waals surface area contributed by atoms with Crippen molar-refractivity contribution in [1.29, 1.82) is 0 Å². The topological polar surface area (TPSA) is 55.4 Å². The highest BCUT2D eigenvalue weighted by Gasteiger charge is 2.07. The minimum atomic E-state index is -0.583. The van der Waals surface area contributed by atoms with Crippen LogP contribution < -0.4 is 5.32 Å². The maximum Gasteiger partial charge on any atom is 0.331 e. The predicted octanol–water partition coefficient (Wildman–Crippen LogP) is 4.61. The van der Waals surface area contributed by atoms with Gasteiger partial charge in [0.2, 0.25) is 0 Å². The lowest BCUT2D eigenvalue weighted by Gasteiger charge is -2.08. The van der Waals surface area contributed by atoms with Gasteiger partial charge >= 0.3 is 5.97 Å². The number of ether oxygens (including phenoxy) is 1. The average Bonchev–Trinajstić information content (AvgIpc) is 2.55. The number of amides is 1. The zero-order valence-corrected chi connectivity index (χ0v) is 15.2. The lowest BCUT2D eigenvalue weighted by atomic mass is 10.2. The van der Waals surface area contributed by atoms with Gasteiger partial charge in [-0.05, 0) is 54.5 Å². The monoisotopic (exact) mass is 407 g/mol. The molecular weight excluding hydrogens is 394 g/mol. The second-order valence-corrected chi connectivity index (χ2v) is 6.35. The number of aryl methyl sites for hydroxylation is 1. The summed E-state index contributed by atoms with van der Waals surface area (Å²) in [6.45, 7) is 1.47. The molecule has 0 aromatic heterocycles. The Labute approximate surface area is 153 Å². The highest BCUT2D eigenvalue weighted by atomic mass is 79.9. The number of nitrogens with one attached hydrogen (secondary N) is 1. The molecule has 0 saturated heterocycles. The van der Waals surface area contributed by atoms with E-state index in [4.69, 9.17) is 16.3 Å². The third kappa shape index (κ3) is 5.83. The Bertz CT molecular complexity index is 772. The van der Waals surface area contributed by atoms with Crippen molar-refractivity contribution >= 4 is 51.2 Å². The summed E-state index contributed by atoms with van der Waals surface area (Å²) in [5, 5.41) is 3.26. The highest BCUT2D eigenvalue weighted by Crippen LogP contribution is 2.19. The van der Waals surface area contributed by atoms with Gasteiger partial charge in [0.05, 0.1) is 0 Å². The number of carbonyl (C=O) groups excluding carboxylic acids is 2. The van der Waals surface area contributed by atoms with E-state index in [1.165, 1.54) is 6.08 Å². The molecule has 0 fully saturated rings. The SMILES string of the molecule is Cc1cc(Cl)ccc1NC(=O)COC(=O)/C=C/c1ccc(Br)cc1. The van der Waals surface area contributed by atoms with E-state index in [1.807, 2.05) is 31.2 Å². The number of hydrogen-bond donors (Lipinski definition) is 1. The van der Waals surface area contributed by atoms with Crippen LogP contribution in [0.2, 0.25) is 5.02 Å². The lowest BCUT2D eigenvalue weighted by Crippen LogP contribution is -2.20. The molecule has 0 atom stereocenters. The Morgan fingerprint density at radius 2 is 1.92 bits per heavy atom. The van der Waals surface area contributed by atoms with Crippen molar-refractivity contribution < 1.29 is 14.3 Å². The van der Waals surface area contributed by atoms with Crippen molar-refractivity contribution in [2.75, 3.05) is 11.9 Å². The summed E-state index contributed by atoms with van der Waals surface area (Å²) >= 11 is 9.19. The van der Waals surface area contributed by atoms with E-state index in [-0.39, 0.29) is 6.61 Å². The first-order chi connectivity index (χ1) is 11.4. The molecule has 1 amide bonds. The fourth-order valence-corrected chi connectivity index (χ4v) is 2.37. The van der Waals surface area contributed by atoms with Crippen LogP contribution in [0.4, 0.5) is 5.69 Å². The summed E-state index contributed by atoms with van der Waals surface area (Å²) in [5.74, 6) is -0.994. The number of halogens is 2. The summed E-state index contributed by atoms with van der Waals surface area (Å²) in [5.41, 5.74) is 2.32. The fourth-order valence-electron chi connectivity index (χ4n) is 1.88. The van der Waals surface area contributed by atoms with Crippen LogP contribution in [0.1, 0.15) is 11.1 Å². The molecule has 0 spiro atoms. The van der Waals surface area contributed by atoms with Gasteiger partial charge in [0, 0.05) is 21.3 Å². The largest absolute Gasteiger partial charge is 0.452 e. The van der Waals surface area contributed by atoms with E-state index >= 15 is 0 Å². The maximum atomic E-state index is 11.8. The van der Waals surface area contributed by atoms with Gasteiger partial charge in [-0.2, -0.15) is 0 Å². The molecule has 1 N–H and O–H groups in total. The molecule has 0 bridgehead atoms. The van der Waals surface area contributed by atoms with E-state index in [2.05, 4.69) is 21.2 Å². The molecule has 0 aliphatic rings. The van der Waals surface area contributed by atoms with Gasteiger partial charge in [-0.15, -0.1) is 0 Å². The van der Waals surface area contributed by atoms with Crippen LogP contribution in [-0.4, -0.2) is 18.5 Å². The van der Waals surface area contributed by atoms with E-state index in [1.54, 1.807) is 24.3 Å². The van der Waals surface area contributed by atoms with Gasteiger partial charge in [-0.25, -0.2) is 4.79 Å². The normalized spacial score (nSPS) is 10.6. The maximum absolute atomic E-state index is 11.8. The zero-order valence-electron chi connectivity index (χ0n) is 12.9. The lowest BCUT2D eigenvalue weighted by molar-refractivity contribution is -0.142. The predicted molar refractivity (Wildman–Crippen MR) is 99.0 cm³/mol. The third-order valence-electron chi connectivity index (χ3n) is 3.09. The first-order valence-electron chi connectivity index (χ1n) is 7.10. The standard InChI is InChI=1S/C18H15BrClNO3/c1-12-10-15(20)7-8-16(12)21-17(22)11-24-18(23)9-4-13-2-5-14(19)6-3-13/h2-10H,11H2,1H3,(H,21,22)/b9-4+. The number of hydrogen-bond acceptors (Lipinski definition) is 3. The van der Waals surface area contributed by atoms with Crippen LogP contribution >= 0.6 is 27.5 Å². The molecule has 0 aliphatic carbocycles. The molecule has 0 saturated carbocycles. The quantitative estimate of drug-likeness (QED) is 0.581. The molecule has 4 nitrogen and oxygen atoms in total. The second-order valence-electron chi connectivity index (χ2n) is 5.00.